The monoisotopic (exact) mass is 242 g/mol. The molecule has 1 fully saturated rings. The SMILES string of the molecule is CN(CC1CCCCO1)c1cnnc(Cl)n1. The van der Waals surface area contributed by atoms with Crippen molar-refractivity contribution in [3.8, 4) is 0 Å². The second-order valence-electron chi connectivity index (χ2n) is 3.95. The van der Waals surface area contributed by atoms with E-state index in [2.05, 4.69) is 15.2 Å². The summed E-state index contributed by atoms with van der Waals surface area (Å²) in [4.78, 5) is 6.10. The highest BCUT2D eigenvalue weighted by molar-refractivity contribution is 6.28. The number of ether oxygens (including phenoxy) is 1. The van der Waals surface area contributed by atoms with E-state index in [1.54, 1.807) is 6.20 Å². The van der Waals surface area contributed by atoms with Gasteiger partial charge in [0.15, 0.2) is 5.82 Å². The predicted molar refractivity (Wildman–Crippen MR) is 61.7 cm³/mol. The van der Waals surface area contributed by atoms with Gasteiger partial charge < -0.3 is 9.64 Å². The number of likely N-dealkylation sites (N-methyl/N-ethyl adjacent to an activating group) is 1. The first-order chi connectivity index (χ1) is 7.75. The van der Waals surface area contributed by atoms with Crippen molar-refractivity contribution in [2.24, 2.45) is 0 Å². The fourth-order valence-electron chi connectivity index (χ4n) is 1.81. The first-order valence-electron chi connectivity index (χ1n) is 5.43. The molecule has 2 rings (SSSR count). The van der Waals surface area contributed by atoms with Crippen molar-refractivity contribution >= 4 is 17.4 Å². The van der Waals surface area contributed by atoms with Gasteiger partial charge in [-0.05, 0) is 30.9 Å². The van der Waals surface area contributed by atoms with Crippen molar-refractivity contribution in [1.29, 1.82) is 0 Å². The van der Waals surface area contributed by atoms with Gasteiger partial charge in [-0.3, -0.25) is 0 Å². The van der Waals surface area contributed by atoms with Crippen molar-refractivity contribution in [2.75, 3.05) is 25.1 Å². The molecule has 0 spiro atoms. The molecule has 0 N–H and O–H groups in total. The third kappa shape index (κ3) is 3.02. The van der Waals surface area contributed by atoms with Crippen LogP contribution in [-0.4, -0.2) is 41.5 Å². The molecule has 1 saturated heterocycles. The van der Waals surface area contributed by atoms with Gasteiger partial charge in [0.25, 0.3) is 0 Å². The molecule has 1 unspecified atom stereocenters. The molecule has 16 heavy (non-hydrogen) atoms. The summed E-state index contributed by atoms with van der Waals surface area (Å²) in [6, 6.07) is 0. The fourth-order valence-corrected chi connectivity index (χ4v) is 1.94. The molecule has 1 atom stereocenters. The second-order valence-corrected chi connectivity index (χ2v) is 4.29. The molecule has 1 aliphatic heterocycles. The van der Waals surface area contributed by atoms with Crippen LogP contribution in [0.3, 0.4) is 0 Å². The summed E-state index contributed by atoms with van der Waals surface area (Å²) in [5.74, 6) is 0.731. The molecule has 1 aromatic rings. The first-order valence-corrected chi connectivity index (χ1v) is 5.81. The van der Waals surface area contributed by atoms with E-state index in [-0.39, 0.29) is 11.4 Å². The number of halogens is 1. The van der Waals surface area contributed by atoms with Gasteiger partial charge in [-0.1, -0.05) is 0 Å². The predicted octanol–water partition coefficient (Wildman–Crippen LogP) is 1.53. The maximum atomic E-state index is 5.69. The van der Waals surface area contributed by atoms with Gasteiger partial charge in [0.2, 0.25) is 5.28 Å². The van der Waals surface area contributed by atoms with Crippen LogP contribution in [0.1, 0.15) is 19.3 Å². The molecule has 0 aliphatic carbocycles. The van der Waals surface area contributed by atoms with Crippen LogP contribution >= 0.6 is 11.6 Å². The third-order valence-electron chi connectivity index (χ3n) is 2.66. The van der Waals surface area contributed by atoms with Crippen LogP contribution in [0.2, 0.25) is 5.28 Å². The number of nitrogens with zero attached hydrogens (tertiary/aromatic N) is 4. The van der Waals surface area contributed by atoms with Crippen molar-refractivity contribution < 1.29 is 4.74 Å². The Hall–Kier alpha value is -0.940. The Kier molecular flexibility index (Phi) is 3.90. The summed E-state index contributed by atoms with van der Waals surface area (Å²) in [5.41, 5.74) is 0. The zero-order valence-electron chi connectivity index (χ0n) is 9.27. The molecule has 1 aromatic heterocycles. The van der Waals surface area contributed by atoms with E-state index in [1.807, 2.05) is 11.9 Å². The smallest absolute Gasteiger partial charge is 0.244 e. The third-order valence-corrected chi connectivity index (χ3v) is 2.82. The molecular weight excluding hydrogens is 228 g/mol. The van der Waals surface area contributed by atoms with Crippen molar-refractivity contribution in [2.45, 2.75) is 25.4 Å². The molecule has 6 heteroatoms. The molecule has 0 saturated carbocycles. The molecular formula is C10H15ClN4O. The second kappa shape index (κ2) is 5.41. The van der Waals surface area contributed by atoms with Gasteiger partial charge in [-0.2, -0.15) is 10.1 Å². The zero-order chi connectivity index (χ0) is 11.4. The molecule has 1 aliphatic rings. The van der Waals surface area contributed by atoms with E-state index >= 15 is 0 Å². The Balaban J connectivity index is 1.94. The van der Waals surface area contributed by atoms with Crippen LogP contribution < -0.4 is 4.90 Å². The molecule has 88 valence electrons. The Morgan fingerprint density at radius 2 is 2.44 bits per heavy atom. The van der Waals surface area contributed by atoms with Crippen LogP contribution in [0.15, 0.2) is 6.20 Å². The molecule has 0 amide bonds. The maximum Gasteiger partial charge on any atom is 0.244 e. The molecule has 0 bridgehead atoms. The summed E-state index contributed by atoms with van der Waals surface area (Å²) < 4.78 is 5.66. The van der Waals surface area contributed by atoms with Gasteiger partial charge in [0.1, 0.15) is 0 Å². The topological polar surface area (TPSA) is 51.1 Å². The summed E-state index contributed by atoms with van der Waals surface area (Å²) in [6.07, 6.45) is 5.40. The fraction of sp³-hybridized carbons (Fsp3) is 0.700. The van der Waals surface area contributed by atoms with Crippen molar-refractivity contribution in [3.63, 3.8) is 0 Å². The molecule has 0 aromatic carbocycles. The average molecular weight is 243 g/mol. The van der Waals surface area contributed by atoms with Gasteiger partial charge in [0, 0.05) is 20.2 Å². The van der Waals surface area contributed by atoms with E-state index < -0.39 is 0 Å². The Morgan fingerprint density at radius 1 is 1.56 bits per heavy atom. The van der Waals surface area contributed by atoms with E-state index in [0.29, 0.717) is 0 Å². The van der Waals surface area contributed by atoms with Gasteiger partial charge >= 0.3 is 0 Å². The Bertz CT molecular complexity index is 343. The minimum atomic E-state index is 0.175. The Labute approximate surface area is 99.8 Å². The van der Waals surface area contributed by atoms with Crippen molar-refractivity contribution in [1.82, 2.24) is 15.2 Å². The number of rotatable bonds is 3. The summed E-state index contributed by atoms with van der Waals surface area (Å²) in [7, 11) is 1.96. The highest BCUT2D eigenvalue weighted by Crippen LogP contribution is 2.16. The molecule has 0 radical (unpaired) electrons. The Morgan fingerprint density at radius 3 is 3.12 bits per heavy atom. The number of anilines is 1. The molecule has 2 heterocycles. The van der Waals surface area contributed by atoms with Crippen molar-refractivity contribution in [3.05, 3.63) is 11.5 Å². The standard InChI is InChI=1S/C10H15ClN4O/c1-15(7-8-4-2-3-5-16-8)9-6-12-14-10(11)13-9/h6,8H,2-5,7H2,1H3. The first kappa shape index (κ1) is 11.5. The lowest BCUT2D eigenvalue weighted by molar-refractivity contribution is 0.0215. The van der Waals surface area contributed by atoms with Gasteiger partial charge in [-0.15, -0.1) is 5.10 Å². The van der Waals surface area contributed by atoms with Crippen LogP contribution in [0, 0.1) is 0 Å². The minimum absolute atomic E-state index is 0.175. The quantitative estimate of drug-likeness (QED) is 0.805. The van der Waals surface area contributed by atoms with Crippen LogP contribution in [0.25, 0.3) is 0 Å². The van der Waals surface area contributed by atoms with E-state index in [0.717, 1.165) is 25.4 Å². The zero-order valence-corrected chi connectivity index (χ0v) is 10.0. The summed E-state index contributed by atoms with van der Waals surface area (Å²) >= 11 is 5.69. The number of aromatic nitrogens is 3. The highest BCUT2D eigenvalue weighted by atomic mass is 35.5. The summed E-state index contributed by atoms with van der Waals surface area (Å²) in [6.45, 7) is 1.68. The largest absolute Gasteiger partial charge is 0.376 e. The van der Waals surface area contributed by atoms with E-state index in [1.165, 1.54) is 12.8 Å². The highest BCUT2D eigenvalue weighted by Gasteiger charge is 2.16. The van der Waals surface area contributed by atoms with Crippen LogP contribution in [-0.2, 0) is 4.74 Å². The summed E-state index contributed by atoms with van der Waals surface area (Å²) in [5, 5.41) is 7.56. The number of hydrogen-bond acceptors (Lipinski definition) is 5. The lowest BCUT2D eigenvalue weighted by Crippen LogP contribution is -2.33. The minimum Gasteiger partial charge on any atom is -0.376 e. The van der Waals surface area contributed by atoms with Gasteiger partial charge in [-0.25, -0.2) is 0 Å². The van der Waals surface area contributed by atoms with E-state index in [4.69, 9.17) is 16.3 Å². The average Bonchev–Trinajstić information content (AvgIpc) is 2.30. The lowest BCUT2D eigenvalue weighted by atomic mass is 10.1. The molecule has 5 nitrogen and oxygen atoms in total. The lowest BCUT2D eigenvalue weighted by Gasteiger charge is -2.27. The van der Waals surface area contributed by atoms with Gasteiger partial charge in [0.05, 0.1) is 12.3 Å². The normalized spacial score (nSPS) is 20.8. The van der Waals surface area contributed by atoms with Crippen LogP contribution in [0.4, 0.5) is 5.82 Å². The van der Waals surface area contributed by atoms with Crippen LogP contribution in [0.5, 0.6) is 0 Å². The maximum absolute atomic E-state index is 5.69. The van der Waals surface area contributed by atoms with E-state index in [9.17, 15) is 0 Å². The number of hydrogen-bond donors (Lipinski definition) is 0.